The van der Waals surface area contributed by atoms with Gasteiger partial charge in [-0.05, 0) is 25.2 Å². The van der Waals surface area contributed by atoms with Gasteiger partial charge in [0.25, 0.3) is 0 Å². The number of hydrogen-bond acceptors (Lipinski definition) is 2. The van der Waals surface area contributed by atoms with Crippen LogP contribution in [0.1, 0.15) is 38.5 Å². The van der Waals surface area contributed by atoms with Gasteiger partial charge in [-0.1, -0.05) is 0 Å². The van der Waals surface area contributed by atoms with Crippen molar-refractivity contribution in [3.63, 3.8) is 0 Å². The number of terminal acetylenes is 1. The number of hydrogen-bond donors (Lipinski definition) is 1. The van der Waals surface area contributed by atoms with Gasteiger partial charge in [0.15, 0.2) is 0 Å². The van der Waals surface area contributed by atoms with Gasteiger partial charge in [-0.25, -0.2) is 0 Å². The van der Waals surface area contributed by atoms with Gasteiger partial charge in [0.1, 0.15) is 5.78 Å². The van der Waals surface area contributed by atoms with Crippen molar-refractivity contribution in [2.45, 2.75) is 44.6 Å². The molecular formula is C11H17NO. The lowest BCUT2D eigenvalue weighted by atomic mass is 10.0. The third-order valence-electron chi connectivity index (χ3n) is 2.47. The number of nitrogens with two attached hydrogens (primary N) is 1. The molecule has 13 heavy (non-hydrogen) atoms. The quantitative estimate of drug-likeness (QED) is 0.496. The Balaban J connectivity index is 2.06. The normalized spacial score (nSPS) is 17.8. The lowest BCUT2D eigenvalue weighted by molar-refractivity contribution is -0.119. The summed E-state index contributed by atoms with van der Waals surface area (Å²) in [5.41, 5.74) is 5.82. The molecule has 1 aliphatic rings. The second kappa shape index (κ2) is 5.04. The summed E-state index contributed by atoms with van der Waals surface area (Å²) in [6.45, 7) is 0. The van der Waals surface area contributed by atoms with Gasteiger partial charge in [0.05, 0.1) is 0 Å². The first-order valence-corrected chi connectivity index (χ1v) is 4.94. The topological polar surface area (TPSA) is 43.1 Å². The summed E-state index contributed by atoms with van der Waals surface area (Å²) < 4.78 is 0. The molecular weight excluding hydrogens is 162 g/mol. The van der Waals surface area contributed by atoms with Crippen LogP contribution in [-0.4, -0.2) is 11.8 Å². The van der Waals surface area contributed by atoms with Crippen molar-refractivity contribution < 1.29 is 4.79 Å². The average molecular weight is 179 g/mol. The maximum Gasteiger partial charge on any atom is 0.134 e. The molecule has 1 atom stereocenters. The number of carbonyl (C=O) groups is 1. The van der Waals surface area contributed by atoms with Crippen molar-refractivity contribution >= 4 is 5.78 Å². The summed E-state index contributed by atoms with van der Waals surface area (Å²) in [6.07, 6.45) is 10.2. The maximum absolute atomic E-state index is 11.3. The lowest BCUT2D eigenvalue weighted by Crippen LogP contribution is -2.25. The van der Waals surface area contributed by atoms with Crippen LogP contribution in [0.15, 0.2) is 0 Å². The van der Waals surface area contributed by atoms with Gasteiger partial charge in [-0.15, -0.1) is 12.3 Å². The minimum absolute atomic E-state index is 0.110. The Kier molecular flexibility index (Phi) is 3.98. The first-order valence-electron chi connectivity index (χ1n) is 4.94. The van der Waals surface area contributed by atoms with Crippen LogP contribution in [0.5, 0.6) is 0 Å². The summed E-state index contributed by atoms with van der Waals surface area (Å²) in [6, 6.07) is 0.110. The smallest absolute Gasteiger partial charge is 0.134 e. The highest BCUT2D eigenvalue weighted by molar-refractivity contribution is 5.79. The summed E-state index contributed by atoms with van der Waals surface area (Å²) in [4.78, 5) is 11.3. The van der Waals surface area contributed by atoms with E-state index in [9.17, 15) is 4.79 Å². The Labute approximate surface area is 79.9 Å². The minimum Gasteiger partial charge on any atom is -0.327 e. The lowest BCUT2D eigenvalue weighted by Gasteiger charge is -2.07. The van der Waals surface area contributed by atoms with Crippen molar-refractivity contribution in [1.29, 1.82) is 0 Å². The standard InChI is InChI=1S/C11H17NO/c1-2-3-4-5-10(13)8-11(12)9-6-7-9/h1,9,11H,3-8,12H2. The minimum atomic E-state index is 0.110. The van der Waals surface area contributed by atoms with Crippen LogP contribution in [0.3, 0.4) is 0 Å². The van der Waals surface area contributed by atoms with Crippen molar-refractivity contribution in [3.8, 4) is 12.3 Å². The van der Waals surface area contributed by atoms with Crippen LogP contribution in [0.25, 0.3) is 0 Å². The first kappa shape index (κ1) is 10.3. The summed E-state index contributed by atoms with van der Waals surface area (Å²) in [5, 5.41) is 0. The molecule has 0 saturated heterocycles. The third kappa shape index (κ3) is 4.10. The molecule has 0 spiro atoms. The number of Topliss-reactive ketones (excluding diaryl/α,β-unsaturated/α-hetero) is 1. The molecule has 0 aromatic heterocycles. The Morgan fingerprint density at radius 2 is 2.31 bits per heavy atom. The molecule has 1 saturated carbocycles. The van der Waals surface area contributed by atoms with E-state index in [0.29, 0.717) is 25.2 Å². The molecule has 2 nitrogen and oxygen atoms in total. The second-order valence-corrected chi connectivity index (χ2v) is 3.80. The van der Waals surface area contributed by atoms with Crippen LogP contribution in [0.4, 0.5) is 0 Å². The molecule has 0 aromatic rings. The van der Waals surface area contributed by atoms with Crippen LogP contribution < -0.4 is 5.73 Å². The average Bonchev–Trinajstić information content (AvgIpc) is 2.86. The SMILES string of the molecule is C#CCCCC(=O)CC(N)C1CC1. The van der Waals surface area contributed by atoms with Crippen molar-refractivity contribution in [2.75, 3.05) is 0 Å². The molecule has 0 radical (unpaired) electrons. The molecule has 1 aliphatic carbocycles. The number of carbonyl (C=O) groups excluding carboxylic acids is 1. The molecule has 0 aromatic carbocycles. The Morgan fingerprint density at radius 1 is 1.62 bits per heavy atom. The fourth-order valence-electron chi connectivity index (χ4n) is 1.44. The molecule has 0 bridgehead atoms. The second-order valence-electron chi connectivity index (χ2n) is 3.80. The van der Waals surface area contributed by atoms with E-state index in [4.69, 9.17) is 12.2 Å². The van der Waals surface area contributed by atoms with Gasteiger partial charge >= 0.3 is 0 Å². The summed E-state index contributed by atoms with van der Waals surface area (Å²) >= 11 is 0. The Bertz CT molecular complexity index is 213. The van der Waals surface area contributed by atoms with Crippen molar-refractivity contribution in [1.82, 2.24) is 0 Å². The van der Waals surface area contributed by atoms with Crippen LogP contribution in [0.2, 0.25) is 0 Å². The van der Waals surface area contributed by atoms with Crippen LogP contribution in [-0.2, 0) is 4.79 Å². The molecule has 0 amide bonds. The van der Waals surface area contributed by atoms with E-state index >= 15 is 0 Å². The molecule has 1 fully saturated rings. The molecule has 0 heterocycles. The first-order chi connectivity index (χ1) is 6.24. The van der Waals surface area contributed by atoms with E-state index in [-0.39, 0.29) is 11.8 Å². The van der Waals surface area contributed by atoms with Crippen LogP contribution in [0, 0.1) is 18.3 Å². The molecule has 2 N–H and O–H groups in total. The van der Waals surface area contributed by atoms with E-state index < -0.39 is 0 Å². The number of unbranched alkanes of at least 4 members (excludes halogenated alkanes) is 1. The number of ketones is 1. The van der Waals surface area contributed by atoms with Crippen molar-refractivity contribution in [3.05, 3.63) is 0 Å². The van der Waals surface area contributed by atoms with E-state index in [1.54, 1.807) is 0 Å². The monoisotopic (exact) mass is 179 g/mol. The van der Waals surface area contributed by atoms with Crippen LogP contribution >= 0.6 is 0 Å². The van der Waals surface area contributed by atoms with E-state index in [1.807, 2.05) is 0 Å². The van der Waals surface area contributed by atoms with E-state index in [1.165, 1.54) is 12.8 Å². The zero-order valence-corrected chi connectivity index (χ0v) is 7.96. The van der Waals surface area contributed by atoms with Gasteiger partial charge in [-0.2, -0.15) is 0 Å². The fourth-order valence-corrected chi connectivity index (χ4v) is 1.44. The number of rotatable bonds is 6. The predicted octanol–water partition coefficient (Wildman–Crippen LogP) is 1.49. The molecule has 2 heteroatoms. The van der Waals surface area contributed by atoms with Gasteiger partial charge in [0, 0.05) is 25.3 Å². The highest BCUT2D eigenvalue weighted by atomic mass is 16.1. The van der Waals surface area contributed by atoms with Gasteiger partial charge < -0.3 is 5.73 Å². The van der Waals surface area contributed by atoms with E-state index in [2.05, 4.69) is 5.92 Å². The highest BCUT2D eigenvalue weighted by Crippen LogP contribution is 2.32. The molecule has 1 unspecified atom stereocenters. The zero-order valence-electron chi connectivity index (χ0n) is 7.96. The fraction of sp³-hybridized carbons (Fsp3) is 0.727. The summed E-state index contributed by atoms with van der Waals surface area (Å²) in [5.74, 6) is 3.42. The third-order valence-corrected chi connectivity index (χ3v) is 2.47. The zero-order chi connectivity index (χ0) is 9.68. The maximum atomic E-state index is 11.3. The van der Waals surface area contributed by atoms with Gasteiger partial charge in [-0.3, -0.25) is 4.79 Å². The van der Waals surface area contributed by atoms with Gasteiger partial charge in [0.2, 0.25) is 0 Å². The largest absolute Gasteiger partial charge is 0.327 e. The Morgan fingerprint density at radius 3 is 2.85 bits per heavy atom. The summed E-state index contributed by atoms with van der Waals surface area (Å²) in [7, 11) is 0. The molecule has 0 aliphatic heterocycles. The predicted molar refractivity (Wildman–Crippen MR) is 53.0 cm³/mol. The molecule has 1 rings (SSSR count). The molecule has 72 valence electrons. The Hall–Kier alpha value is -0.810. The van der Waals surface area contributed by atoms with E-state index in [0.717, 1.165) is 6.42 Å². The highest BCUT2D eigenvalue weighted by Gasteiger charge is 2.29. The van der Waals surface area contributed by atoms with Crippen molar-refractivity contribution in [2.24, 2.45) is 11.7 Å².